The van der Waals surface area contributed by atoms with Crippen molar-refractivity contribution in [3.8, 4) is 11.5 Å². The maximum atomic E-state index is 12.5. The van der Waals surface area contributed by atoms with Crippen molar-refractivity contribution in [2.75, 3.05) is 6.61 Å². The molecule has 128 valence electrons. The molecule has 0 aliphatic carbocycles. The SMILES string of the molecule is CCOc1ccccc1OC(=O)c1ccc(S(=O)(=O)C(F)F)cc1. The number of sulfone groups is 1. The Kier molecular flexibility index (Phi) is 5.50. The minimum absolute atomic E-state index is 0.0227. The summed E-state index contributed by atoms with van der Waals surface area (Å²) < 4.78 is 58.1. The van der Waals surface area contributed by atoms with Crippen LogP contribution in [-0.4, -0.2) is 26.8 Å². The zero-order valence-corrected chi connectivity index (χ0v) is 13.4. The number of halogens is 2. The molecule has 0 bridgehead atoms. The van der Waals surface area contributed by atoms with E-state index in [0.29, 0.717) is 12.4 Å². The van der Waals surface area contributed by atoms with Gasteiger partial charge >= 0.3 is 11.7 Å². The van der Waals surface area contributed by atoms with Gasteiger partial charge in [-0.25, -0.2) is 13.2 Å². The van der Waals surface area contributed by atoms with Crippen LogP contribution in [0, 0.1) is 0 Å². The van der Waals surface area contributed by atoms with Crippen LogP contribution >= 0.6 is 0 Å². The molecular formula is C16H14F2O5S. The number of benzene rings is 2. The zero-order valence-electron chi connectivity index (χ0n) is 12.6. The molecule has 2 aromatic rings. The molecule has 0 spiro atoms. The lowest BCUT2D eigenvalue weighted by Crippen LogP contribution is -2.13. The molecule has 0 unspecified atom stereocenters. The first-order chi connectivity index (χ1) is 11.4. The van der Waals surface area contributed by atoms with E-state index in [-0.39, 0.29) is 11.3 Å². The van der Waals surface area contributed by atoms with E-state index in [0.717, 1.165) is 24.3 Å². The molecule has 0 aliphatic rings. The molecule has 2 rings (SSSR count). The topological polar surface area (TPSA) is 69.7 Å². The highest BCUT2D eigenvalue weighted by Crippen LogP contribution is 2.27. The summed E-state index contributed by atoms with van der Waals surface area (Å²) in [5.74, 6) is -3.70. The van der Waals surface area contributed by atoms with Gasteiger partial charge in [-0.2, -0.15) is 8.78 Å². The average molecular weight is 356 g/mol. The second kappa shape index (κ2) is 7.39. The van der Waals surface area contributed by atoms with E-state index in [1.807, 2.05) is 0 Å². The first-order valence-electron chi connectivity index (χ1n) is 6.92. The van der Waals surface area contributed by atoms with Crippen LogP contribution in [0.2, 0.25) is 0 Å². The Hall–Kier alpha value is -2.48. The third-order valence-corrected chi connectivity index (χ3v) is 4.40. The summed E-state index contributed by atoms with van der Waals surface area (Å²) in [6.45, 7) is 2.16. The second-order valence-corrected chi connectivity index (χ2v) is 6.52. The van der Waals surface area contributed by atoms with Crippen LogP contribution < -0.4 is 9.47 Å². The Morgan fingerprint density at radius 3 is 2.17 bits per heavy atom. The van der Waals surface area contributed by atoms with E-state index in [1.54, 1.807) is 31.2 Å². The number of carbonyl (C=O) groups is 1. The summed E-state index contributed by atoms with van der Waals surface area (Å²) >= 11 is 0. The molecule has 2 aromatic carbocycles. The van der Waals surface area contributed by atoms with E-state index >= 15 is 0 Å². The number of alkyl halides is 2. The third kappa shape index (κ3) is 3.88. The fraction of sp³-hybridized carbons (Fsp3) is 0.188. The van der Waals surface area contributed by atoms with Gasteiger partial charge in [0.15, 0.2) is 11.5 Å². The van der Waals surface area contributed by atoms with Crippen molar-refractivity contribution in [2.24, 2.45) is 0 Å². The Labute approximate surface area is 137 Å². The lowest BCUT2D eigenvalue weighted by Gasteiger charge is -2.10. The minimum atomic E-state index is -4.70. The van der Waals surface area contributed by atoms with E-state index in [2.05, 4.69) is 0 Å². The van der Waals surface area contributed by atoms with Crippen LogP contribution in [0.3, 0.4) is 0 Å². The van der Waals surface area contributed by atoms with Crippen molar-refractivity contribution in [1.29, 1.82) is 0 Å². The molecule has 0 aromatic heterocycles. The van der Waals surface area contributed by atoms with Gasteiger partial charge in [0.2, 0.25) is 9.84 Å². The standard InChI is InChI=1S/C16H14F2O5S/c1-2-22-13-5-3-4-6-14(13)23-15(19)11-7-9-12(10-8-11)24(20,21)16(17)18/h3-10,16H,2H2,1H3. The normalized spacial score (nSPS) is 11.3. The van der Waals surface area contributed by atoms with Crippen LogP contribution in [0.15, 0.2) is 53.4 Å². The second-order valence-electron chi connectivity index (χ2n) is 4.60. The number of hydrogen-bond donors (Lipinski definition) is 0. The minimum Gasteiger partial charge on any atom is -0.490 e. The Bertz CT molecular complexity index is 817. The van der Waals surface area contributed by atoms with Crippen molar-refractivity contribution in [2.45, 2.75) is 17.6 Å². The number of para-hydroxylation sites is 2. The molecule has 0 radical (unpaired) electrons. The van der Waals surface area contributed by atoms with Crippen LogP contribution in [0.5, 0.6) is 11.5 Å². The fourth-order valence-corrected chi connectivity index (χ4v) is 2.57. The van der Waals surface area contributed by atoms with Gasteiger partial charge in [-0.1, -0.05) is 12.1 Å². The molecule has 8 heteroatoms. The van der Waals surface area contributed by atoms with E-state index in [4.69, 9.17) is 9.47 Å². The van der Waals surface area contributed by atoms with E-state index in [9.17, 15) is 22.0 Å². The monoisotopic (exact) mass is 356 g/mol. The smallest absolute Gasteiger partial charge is 0.343 e. The lowest BCUT2D eigenvalue weighted by molar-refractivity contribution is 0.0728. The van der Waals surface area contributed by atoms with E-state index in [1.165, 1.54) is 0 Å². The molecule has 0 atom stereocenters. The van der Waals surface area contributed by atoms with Gasteiger partial charge in [0.05, 0.1) is 17.1 Å². The quantitative estimate of drug-likeness (QED) is 0.587. The van der Waals surface area contributed by atoms with Crippen molar-refractivity contribution in [3.05, 3.63) is 54.1 Å². The highest BCUT2D eigenvalue weighted by Gasteiger charge is 2.26. The summed E-state index contributed by atoms with van der Waals surface area (Å²) in [5.41, 5.74) is 0.0227. The summed E-state index contributed by atoms with van der Waals surface area (Å²) in [7, 11) is -4.70. The maximum absolute atomic E-state index is 12.5. The summed E-state index contributed by atoms with van der Waals surface area (Å²) in [4.78, 5) is 11.5. The fourth-order valence-electron chi connectivity index (χ4n) is 1.85. The first kappa shape index (κ1) is 17.9. The van der Waals surface area contributed by atoms with Gasteiger partial charge in [-0.15, -0.1) is 0 Å². The molecule has 5 nitrogen and oxygen atoms in total. The van der Waals surface area contributed by atoms with Crippen LogP contribution in [0.1, 0.15) is 17.3 Å². The Morgan fingerprint density at radius 1 is 1.04 bits per heavy atom. The Balaban J connectivity index is 2.20. The molecule has 0 fully saturated rings. The predicted molar refractivity (Wildman–Crippen MR) is 82.2 cm³/mol. The Morgan fingerprint density at radius 2 is 1.62 bits per heavy atom. The van der Waals surface area contributed by atoms with Crippen LogP contribution in [0.4, 0.5) is 8.78 Å². The number of hydrogen-bond acceptors (Lipinski definition) is 5. The third-order valence-electron chi connectivity index (χ3n) is 3.00. The highest BCUT2D eigenvalue weighted by molar-refractivity contribution is 7.91. The summed E-state index contributed by atoms with van der Waals surface area (Å²) in [5, 5.41) is 0. The number of esters is 1. The molecule has 0 aliphatic heterocycles. The average Bonchev–Trinajstić information content (AvgIpc) is 2.57. The molecule has 0 saturated heterocycles. The molecular weight excluding hydrogens is 342 g/mol. The number of ether oxygens (including phenoxy) is 2. The van der Waals surface area contributed by atoms with Gasteiger partial charge in [0, 0.05) is 0 Å². The van der Waals surface area contributed by atoms with Crippen molar-refractivity contribution in [3.63, 3.8) is 0 Å². The van der Waals surface area contributed by atoms with Gasteiger partial charge in [-0.05, 0) is 43.3 Å². The van der Waals surface area contributed by atoms with Gasteiger partial charge in [-0.3, -0.25) is 0 Å². The molecule has 0 saturated carbocycles. The van der Waals surface area contributed by atoms with Crippen molar-refractivity contribution < 1.29 is 31.5 Å². The van der Waals surface area contributed by atoms with Gasteiger partial charge in [0.1, 0.15) is 0 Å². The summed E-state index contributed by atoms with van der Waals surface area (Å²) in [6.07, 6.45) is 0. The summed E-state index contributed by atoms with van der Waals surface area (Å²) in [6, 6.07) is 10.6. The largest absolute Gasteiger partial charge is 0.490 e. The number of carbonyl (C=O) groups excluding carboxylic acids is 1. The molecule has 24 heavy (non-hydrogen) atoms. The van der Waals surface area contributed by atoms with Gasteiger partial charge in [0.25, 0.3) is 0 Å². The zero-order chi connectivity index (χ0) is 17.7. The van der Waals surface area contributed by atoms with Crippen LogP contribution in [0.25, 0.3) is 0 Å². The molecule has 0 N–H and O–H groups in total. The molecule has 0 heterocycles. The predicted octanol–water partition coefficient (Wildman–Crippen LogP) is 3.30. The number of rotatable bonds is 6. The van der Waals surface area contributed by atoms with Crippen molar-refractivity contribution in [1.82, 2.24) is 0 Å². The highest BCUT2D eigenvalue weighted by atomic mass is 32.2. The van der Waals surface area contributed by atoms with Gasteiger partial charge < -0.3 is 9.47 Å². The maximum Gasteiger partial charge on any atom is 0.343 e. The van der Waals surface area contributed by atoms with E-state index < -0.39 is 26.5 Å². The van der Waals surface area contributed by atoms with Crippen LogP contribution in [-0.2, 0) is 9.84 Å². The van der Waals surface area contributed by atoms with Crippen molar-refractivity contribution >= 4 is 15.8 Å². The first-order valence-corrected chi connectivity index (χ1v) is 8.47. The lowest BCUT2D eigenvalue weighted by atomic mass is 10.2. The molecule has 0 amide bonds.